The van der Waals surface area contributed by atoms with Crippen molar-refractivity contribution in [3.63, 3.8) is 0 Å². The molecule has 0 radical (unpaired) electrons. The van der Waals surface area contributed by atoms with E-state index in [9.17, 15) is 9.59 Å². The van der Waals surface area contributed by atoms with E-state index >= 15 is 0 Å². The van der Waals surface area contributed by atoms with Crippen molar-refractivity contribution in [2.24, 2.45) is 0 Å². The fourth-order valence-corrected chi connectivity index (χ4v) is 4.86. The minimum atomic E-state index is -0.616. The fraction of sp³-hybridized carbons (Fsp3) is 0.290. The van der Waals surface area contributed by atoms with Crippen molar-refractivity contribution in [2.45, 2.75) is 53.0 Å². The van der Waals surface area contributed by atoms with E-state index in [-0.39, 0.29) is 17.1 Å². The number of anilines is 1. The summed E-state index contributed by atoms with van der Waals surface area (Å²) in [7, 11) is 0. The lowest BCUT2D eigenvalue weighted by Crippen LogP contribution is -2.29. The third kappa shape index (κ3) is 4.19. The quantitative estimate of drug-likeness (QED) is 0.266. The number of hydrogen-bond donors (Lipinski definition) is 0. The van der Waals surface area contributed by atoms with Crippen LogP contribution in [0.3, 0.4) is 0 Å². The van der Waals surface area contributed by atoms with Crippen molar-refractivity contribution in [3.8, 4) is 5.75 Å². The molecule has 0 fully saturated rings. The Morgan fingerprint density at radius 3 is 2.53 bits per heavy atom. The summed E-state index contributed by atoms with van der Waals surface area (Å²) in [4.78, 5) is 29.4. The van der Waals surface area contributed by atoms with Crippen LogP contribution in [-0.4, -0.2) is 12.5 Å². The summed E-state index contributed by atoms with van der Waals surface area (Å²) in [6.07, 6.45) is 3.21. The Bertz CT molecular complexity index is 1520. The Hall–Kier alpha value is -3.86. The Morgan fingerprint density at radius 1 is 0.917 bits per heavy atom. The number of carbonyl (C=O) groups excluding carboxylic acids is 1. The Morgan fingerprint density at radius 2 is 1.75 bits per heavy atom. The highest BCUT2D eigenvalue weighted by molar-refractivity contribution is 6.10. The molecular formula is C31H31NO4. The molecule has 1 aliphatic heterocycles. The number of unbranched alkanes of at least 4 members (excludes halogenated alkanes) is 2. The molecule has 5 nitrogen and oxygen atoms in total. The van der Waals surface area contributed by atoms with Gasteiger partial charge < -0.3 is 9.15 Å². The van der Waals surface area contributed by atoms with Gasteiger partial charge in [-0.25, -0.2) is 0 Å². The van der Waals surface area contributed by atoms with E-state index in [1.165, 1.54) is 0 Å². The molecule has 1 aromatic heterocycles. The summed E-state index contributed by atoms with van der Waals surface area (Å²) in [5.41, 5.74) is 5.34. The molecule has 0 aliphatic carbocycles. The van der Waals surface area contributed by atoms with Crippen LogP contribution in [0.4, 0.5) is 5.69 Å². The maximum absolute atomic E-state index is 13.9. The first-order chi connectivity index (χ1) is 17.4. The summed E-state index contributed by atoms with van der Waals surface area (Å²) in [6.45, 7) is 8.79. The number of rotatable bonds is 7. The molecule has 0 saturated carbocycles. The van der Waals surface area contributed by atoms with Gasteiger partial charge >= 0.3 is 0 Å². The van der Waals surface area contributed by atoms with Gasteiger partial charge in [-0.15, -0.1) is 0 Å². The number of ether oxygens (including phenoxy) is 1. The molecule has 5 rings (SSSR count). The van der Waals surface area contributed by atoms with E-state index < -0.39 is 6.04 Å². The third-order valence-corrected chi connectivity index (χ3v) is 6.98. The van der Waals surface area contributed by atoms with Gasteiger partial charge in [0.1, 0.15) is 11.3 Å². The van der Waals surface area contributed by atoms with Crippen LogP contribution in [0.25, 0.3) is 11.0 Å². The number of fused-ring (bicyclic) bond motifs is 2. The lowest BCUT2D eigenvalue weighted by Gasteiger charge is -2.26. The van der Waals surface area contributed by atoms with E-state index in [0.29, 0.717) is 23.1 Å². The zero-order chi connectivity index (χ0) is 25.4. The first-order valence-corrected chi connectivity index (χ1v) is 12.6. The highest BCUT2D eigenvalue weighted by atomic mass is 16.5. The van der Waals surface area contributed by atoms with Crippen LogP contribution in [0, 0.1) is 20.8 Å². The highest BCUT2D eigenvalue weighted by Crippen LogP contribution is 2.42. The van der Waals surface area contributed by atoms with Crippen LogP contribution < -0.4 is 15.1 Å². The largest absolute Gasteiger partial charge is 0.494 e. The van der Waals surface area contributed by atoms with Crippen LogP contribution in [0.2, 0.25) is 0 Å². The molecule has 3 aromatic carbocycles. The normalized spacial score (nSPS) is 14.9. The molecule has 0 N–H and O–H groups in total. The average Bonchev–Trinajstić information content (AvgIpc) is 3.17. The van der Waals surface area contributed by atoms with E-state index in [1.54, 1.807) is 11.0 Å². The van der Waals surface area contributed by atoms with Gasteiger partial charge in [-0.2, -0.15) is 0 Å². The van der Waals surface area contributed by atoms with Gasteiger partial charge in [0.15, 0.2) is 5.43 Å². The SMILES string of the molecule is CCCCCOc1cccc(C2c3c(oc4ccc(C)cc4c3=O)C(=O)N2c2ccc(C)c(C)c2)c1. The van der Waals surface area contributed by atoms with E-state index in [2.05, 4.69) is 6.92 Å². The van der Waals surface area contributed by atoms with Crippen molar-refractivity contribution in [1.82, 2.24) is 0 Å². The second kappa shape index (κ2) is 9.65. The van der Waals surface area contributed by atoms with Crippen molar-refractivity contribution in [2.75, 3.05) is 11.5 Å². The third-order valence-electron chi connectivity index (χ3n) is 6.98. The molecule has 5 heteroatoms. The average molecular weight is 482 g/mol. The minimum absolute atomic E-state index is 0.105. The molecular weight excluding hydrogens is 450 g/mol. The van der Waals surface area contributed by atoms with Gasteiger partial charge in [-0.1, -0.05) is 49.6 Å². The standard InChI is InChI=1S/C31H31NO4/c1-5-6-7-15-35-24-10-8-9-22(18-24)28-27-29(33)25-16-19(2)11-14-26(25)36-30(27)31(34)32(28)23-13-12-20(3)21(4)17-23/h8-14,16-18,28H,5-7,15H2,1-4H3. The number of hydrogen-bond acceptors (Lipinski definition) is 4. The van der Waals surface area contributed by atoms with Crippen molar-refractivity contribution >= 4 is 22.6 Å². The van der Waals surface area contributed by atoms with Gasteiger partial charge in [0.2, 0.25) is 5.76 Å². The van der Waals surface area contributed by atoms with Crippen LogP contribution in [0.15, 0.2) is 69.9 Å². The van der Waals surface area contributed by atoms with Gasteiger partial charge in [0.25, 0.3) is 5.91 Å². The number of nitrogens with zero attached hydrogens (tertiary/aromatic N) is 1. The van der Waals surface area contributed by atoms with Crippen molar-refractivity contribution in [1.29, 1.82) is 0 Å². The summed E-state index contributed by atoms with van der Waals surface area (Å²) in [5.74, 6) is 0.520. The molecule has 1 aliphatic rings. The monoisotopic (exact) mass is 481 g/mol. The molecule has 0 bridgehead atoms. The first kappa shape index (κ1) is 23.9. The van der Waals surface area contributed by atoms with Crippen molar-refractivity contribution in [3.05, 3.63) is 104 Å². The second-order valence-corrected chi connectivity index (χ2v) is 9.65. The number of amides is 1. The molecule has 1 atom stereocenters. The van der Waals surface area contributed by atoms with Crippen LogP contribution in [0.1, 0.15) is 70.6 Å². The molecule has 0 saturated heterocycles. The van der Waals surface area contributed by atoms with Crippen LogP contribution in [-0.2, 0) is 0 Å². The van der Waals surface area contributed by atoms with Gasteiger partial charge in [-0.3, -0.25) is 14.5 Å². The van der Waals surface area contributed by atoms with Gasteiger partial charge in [-0.05, 0) is 80.3 Å². The van der Waals surface area contributed by atoms with Gasteiger partial charge in [0, 0.05) is 5.69 Å². The fourth-order valence-electron chi connectivity index (χ4n) is 4.86. The number of benzene rings is 3. The Kier molecular flexibility index (Phi) is 6.40. The predicted molar refractivity (Wildman–Crippen MR) is 143 cm³/mol. The molecule has 4 aromatic rings. The molecule has 2 heterocycles. The van der Waals surface area contributed by atoms with E-state index in [4.69, 9.17) is 9.15 Å². The van der Waals surface area contributed by atoms with Crippen LogP contribution in [0.5, 0.6) is 5.75 Å². The van der Waals surface area contributed by atoms with Crippen molar-refractivity contribution < 1.29 is 13.9 Å². The number of aryl methyl sites for hydroxylation is 3. The second-order valence-electron chi connectivity index (χ2n) is 9.65. The summed E-state index contributed by atoms with van der Waals surface area (Å²) in [6, 6.07) is 18.5. The topological polar surface area (TPSA) is 59.8 Å². The van der Waals surface area contributed by atoms with Gasteiger partial charge in [0.05, 0.1) is 23.6 Å². The number of carbonyl (C=O) groups is 1. The lowest BCUT2D eigenvalue weighted by molar-refractivity contribution is 0.0971. The first-order valence-electron chi connectivity index (χ1n) is 12.6. The smallest absolute Gasteiger partial charge is 0.295 e. The molecule has 1 unspecified atom stereocenters. The summed E-state index contributed by atoms with van der Waals surface area (Å²) >= 11 is 0. The zero-order valence-corrected chi connectivity index (χ0v) is 21.3. The lowest BCUT2D eigenvalue weighted by atomic mass is 9.97. The molecule has 0 spiro atoms. The maximum atomic E-state index is 13.9. The molecule has 36 heavy (non-hydrogen) atoms. The predicted octanol–water partition coefficient (Wildman–Crippen LogP) is 7.04. The highest BCUT2D eigenvalue weighted by Gasteiger charge is 2.43. The van der Waals surface area contributed by atoms with E-state index in [1.807, 2.05) is 75.4 Å². The maximum Gasteiger partial charge on any atom is 0.295 e. The zero-order valence-electron chi connectivity index (χ0n) is 21.3. The van der Waals surface area contributed by atoms with E-state index in [0.717, 1.165) is 53.0 Å². The Balaban J connectivity index is 1.68. The van der Waals surface area contributed by atoms with Crippen LogP contribution >= 0.6 is 0 Å². The molecule has 184 valence electrons. The molecule has 1 amide bonds. The minimum Gasteiger partial charge on any atom is -0.494 e. The summed E-state index contributed by atoms with van der Waals surface area (Å²) in [5, 5.41) is 0.487. The Labute approximate surface area is 211 Å². The summed E-state index contributed by atoms with van der Waals surface area (Å²) < 4.78 is 12.1.